The van der Waals surface area contributed by atoms with Gasteiger partial charge in [-0.1, -0.05) is 39.5 Å². The lowest BCUT2D eigenvalue weighted by molar-refractivity contribution is 0.485. The van der Waals surface area contributed by atoms with Crippen molar-refractivity contribution in [3.63, 3.8) is 0 Å². The third kappa shape index (κ3) is 6.61. The fourth-order valence-corrected chi connectivity index (χ4v) is 3.06. The Morgan fingerprint density at radius 2 is 2.00 bits per heavy atom. The molecule has 0 aliphatic rings. The van der Waals surface area contributed by atoms with Gasteiger partial charge in [0.15, 0.2) is 0 Å². The highest BCUT2D eigenvalue weighted by atomic mass is 32.2. The SMILES string of the molecule is CC(C)NCCn1nnnc1SCCSC(C)C. The van der Waals surface area contributed by atoms with E-state index in [4.69, 9.17) is 0 Å². The van der Waals surface area contributed by atoms with E-state index in [1.54, 1.807) is 11.8 Å². The molecule has 104 valence electrons. The van der Waals surface area contributed by atoms with Crippen molar-refractivity contribution in [2.24, 2.45) is 0 Å². The normalized spacial score (nSPS) is 11.7. The third-order valence-electron chi connectivity index (χ3n) is 2.14. The molecule has 0 saturated heterocycles. The van der Waals surface area contributed by atoms with Crippen molar-refractivity contribution in [3.8, 4) is 0 Å². The number of hydrogen-bond donors (Lipinski definition) is 1. The first kappa shape index (κ1) is 15.8. The van der Waals surface area contributed by atoms with Crippen LogP contribution in [-0.2, 0) is 6.54 Å². The average Bonchev–Trinajstić information content (AvgIpc) is 2.71. The van der Waals surface area contributed by atoms with Crippen LogP contribution in [0.15, 0.2) is 5.16 Å². The molecule has 1 aromatic heterocycles. The Kier molecular flexibility index (Phi) is 7.69. The smallest absolute Gasteiger partial charge is 0.209 e. The fraction of sp³-hybridized carbons (Fsp3) is 0.909. The van der Waals surface area contributed by atoms with Gasteiger partial charge in [0, 0.05) is 24.1 Å². The molecule has 1 rings (SSSR count). The van der Waals surface area contributed by atoms with E-state index >= 15 is 0 Å². The predicted molar refractivity (Wildman–Crippen MR) is 79.3 cm³/mol. The largest absolute Gasteiger partial charge is 0.313 e. The summed E-state index contributed by atoms with van der Waals surface area (Å²) < 4.78 is 1.88. The van der Waals surface area contributed by atoms with Gasteiger partial charge in [0.2, 0.25) is 5.16 Å². The summed E-state index contributed by atoms with van der Waals surface area (Å²) in [5.74, 6) is 2.19. The highest BCUT2D eigenvalue weighted by Gasteiger charge is 2.06. The maximum atomic E-state index is 4.06. The van der Waals surface area contributed by atoms with Gasteiger partial charge in [0.25, 0.3) is 0 Å². The summed E-state index contributed by atoms with van der Waals surface area (Å²) in [6.07, 6.45) is 0. The molecule has 0 spiro atoms. The van der Waals surface area contributed by atoms with Crippen molar-refractivity contribution in [2.45, 2.75) is 50.7 Å². The summed E-state index contributed by atoms with van der Waals surface area (Å²) >= 11 is 3.70. The standard InChI is InChI=1S/C11H23N5S2/c1-9(2)12-5-6-16-11(13-14-15-16)18-8-7-17-10(3)4/h9-10,12H,5-8H2,1-4H3. The molecule has 0 bridgehead atoms. The first-order valence-corrected chi connectivity index (χ1v) is 8.37. The minimum Gasteiger partial charge on any atom is -0.313 e. The number of thioether (sulfide) groups is 2. The lowest BCUT2D eigenvalue weighted by Crippen LogP contribution is -2.27. The van der Waals surface area contributed by atoms with Crippen molar-refractivity contribution >= 4 is 23.5 Å². The molecule has 1 N–H and O–H groups in total. The molecule has 0 aromatic carbocycles. The third-order valence-corrected chi connectivity index (χ3v) is 4.46. The monoisotopic (exact) mass is 289 g/mol. The van der Waals surface area contributed by atoms with Crippen molar-refractivity contribution in [1.29, 1.82) is 0 Å². The number of aromatic nitrogens is 4. The Balaban J connectivity index is 2.26. The topological polar surface area (TPSA) is 55.6 Å². The van der Waals surface area contributed by atoms with Gasteiger partial charge in [-0.05, 0) is 15.7 Å². The van der Waals surface area contributed by atoms with E-state index < -0.39 is 0 Å². The quantitative estimate of drug-likeness (QED) is 0.553. The number of hydrogen-bond acceptors (Lipinski definition) is 6. The molecule has 0 atom stereocenters. The van der Waals surface area contributed by atoms with Crippen LogP contribution in [0.25, 0.3) is 0 Å². The number of rotatable bonds is 9. The Hall–Kier alpha value is -0.270. The van der Waals surface area contributed by atoms with Crippen molar-refractivity contribution in [1.82, 2.24) is 25.5 Å². The van der Waals surface area contributed by atoms with E-state index in [2.05, 4.69) is 48.5 Å². The molecule has 0 saturated carbocycles. The van der Waals surface area contributed by atoms with Crippen molar-refractivity contribution in [2.75, 3.05) is 18.1 Å². The van der Waals surface area contributed by atoms with Gasteiger partial charge in [-0.3, -0.25) is 0 Å². The first-order valence-electron chi connectivity index (χ1n) is 6.33. The Morgan fingerprint density at radius 1 is 1.22 bits per heavy atom. The molecule has 0 fully saturated rings. The van der Waals surface area contributed by atoms with E-state index in [1.807, 2.05) is 16.4 Å². The minimum atomic E-state index is 0.500. The highest BCUT2D eigenvalue weighted by molar-refractivity contribution is 8.03. The number of nitrogens with one attached hydrogen (secondary N) is 1. The van der Waals surface area contributed by atoms with Gasteiger partial charge < -0.3 is 5.32 Å². The molecule has 1 aromatic rings. The van der Waals surface area contributed by atoms with Gasteiger partial charge in [-0.2, -0.15) is 11.8 Å². The predicted octanol–water partition coefficient (Wildman–Crippen LogP) is 1.90. The van der Waals surface area contributed by atoms with Crippen LogP contribution in [0.3, 0.4) is 0 Å². The van der Waals surface area contributed by atoms with E-state index in [1.165, 1.54) is 0 Å². The summed E-state index contributed by atoms with van der Waals surface area (Å²) in [6, 6.07) is 0.500. The number of tetrazole rings is 1. The maximum absolute atomic E-state index is 4.06. The second-order valence-electron chi connectivity index (χ2n) is 4.56. The Labute approximate surface area is 118 Å². The lowest BCUT2D eigenvalue weighted by atomic mass is 10.4. The molecule has 0 amide bonds. The summed E-state index contributed by atoms with van der Waals surface area (Å²) in [6.45, 7) is 10.4. The first-order chi connectivity index (χ1) is 8.59. The Morgan fingerprint density at radius 3 is 2.67 bits per heavy atom. The molecular weight excluding hydrogens is 266 g/mol. The van der Waals surface area contributed by atoms with Crippen LogP contribution in [0.4, 0.5) is 0 Å². The summed E-state index contributed by atoms with van der Waals surface area (Å²) in [4.78, 5) is 0. The van der Waals surface area contributed by atoms with Crippen LogP contribution in [-0.4, -0.2) is 49.5 Å². The summed E-state index contributed by atoms with van der Waals surface area (Å²) in [5, 5.41) is 16.8. The number of nitrogens with zero attached hydrogens (tertiary/aromatic N) is 4. The second-order valence-corrected chi connectivity index (χ2v) is 7.31. The molecule has 18 heavy (non-hydrogen) atoms. The van der Waals surface area contributed by atoms with Crippen LogP contribution in [0.1, 0.15) is 27.7 Å². The Bertz CT molecular complexity index is 327. The molecule has 5 nitrogen and oxygen atoms in total. The van der Waals surface area contributed by atoms with E-state index in [9.17, 15) is 0 Å². The van der Waals surface area contributed by atoms with Gasteiger partial charge in [-0.25, -0.2) is 4.68 Å². The van der Waals surface area contributed by atoms with Crippen LogP contribution in [0, 0.1) is 0 Å². The van der Waals surface area contributed by atoms with Gasteiger partial charge >= 0.3 is 0 Å². The lowest BCUT2D eigenvalue weighted by Gasteiger charge is -2.08. The average molecular weight is 289 g/mol. The van der Waals surface area contributed by atoms with Gasteiger partial charge in [0.1, 0.15) is 0 Å². The highest BCUT2D eigenvalue weighted by Crippen LogP contribution is 2.17. The summed E-state index contributed by atoms with van der Waals surface area (Å²) in [5.41, 5.74) is 0. The van der Waals surface area contributed by atoms with E-state index in [0.29, 0.717) is 11.3 Å². The molecule has 1 heterocycles. The van der Waals surface area contributed by atoms with Crippen molar-refractivity contribution in [3.05, 3.63) is 0 Å². The zero-order chi connectivity index (χ0) is 13.4. The zero-order valence-electron chi connectivity index (χ0n) is 11.6. The van der Waals surface area contributed by atoms with Crippen molar-refractivity contribution < 1.29 is 0 Å². The molecule has 0 radical (unpaired) electrons. The molecule has 0 aliphatic heterocycles. The zero-order valence-corrected chi connectivity index (χ0v) is 13.2. The van der Waals surface area contributed by atoms with Crippen LogP contribution < -0.4 is 5.32 Å². The van der Waals surface area contributed by atoms with Gasteiger partial charge in [-0.15, -0.1) is 5.10 Å². The fourth-order valence-electron chi connectivity index (χ4n) is 1.32. The van der Waals surface area contributed by atoms with Gasteiger partial charge in [0.05, 0.1) is 6.54 Å². The van der Waals surface area contributed by atoms with Crippen LogP contribution >= 0.6 is 23.5 Å². The second kappa shape index (κ2) is 8.77. The van der Waals surface area contributed by atoms with Crippen LogP contribution in [0.5, 0.6) is 0 Å². The van der Waals surface area contributed by atoms with E-state index in [0.717, 1.165) is 29.8 Å². The maximum Gasteiger partial charge on any atom is 0.209 e. The molecule has 0 aliphatic carbocycles. The molecule has 7 heteroatoms. The van der Waals surface area contributed by atoms with E-state index in [-0.39, 0.29) is 0 Å². The minimum absolute atomic E-state index is 0.500. The molecular formula is C11H23N5S2. The molecule has 0 unspecified atom stereocenters. The summed E-state index contributed by atoms with van der Waals surface area (Å²) in [7, 11) is 0. The van der Waals surface area contributed by atoms with Crippen LogP contribution in [0.2, 0.25) is 0 Å².